The first-order valence-corrected chi connectivity index (χ1v) is 5.81. The van der Waals surface area contributed by atoms with E-state index in [1.54, 1.807) is 18.2 Å². The Hall–Kier alpha value is -0.530. The van der Waals surface area contributed by atoms with Gasteiger partial charge in [0.1, 0.15) is 0 Å². The summed E-state index contributed by atoms with van der Waals surface area (Å²) < 4.78 is 0. The number of ketones is 1. The van der Waals surface area contributed by atoms with Crippen LogP contribution in [0.1, 0.15) is 37.0 Å². The van der Waals surface area contributed by atoms with Crippen LogP contribution >= 0.6 is 23.2 Å². The van der Waals surface area contributed by atoms with E-state index < -0.39 is 0 Å². The summed E-state index contributed by atoms with van der Waals surface area (Å²) in [6.07, 6.45) is 1.87. The van der Waals surface area contributed by atoms with Gasteiger partial charge in [0.2, 0.25) is 0 Å². The molecule has 0 fully saturated rings. The molecule has 0 aromatic heterocycles. The zero-order chi connectivity index (χ0) is 11.4. The molecule has 0 aliphatic carbocycles. The molecule has 0 saturated carbocycles. The Balaban J connectivity index is 2.95. The van der Waals surface area contributed by atoms with Gasteiger partial charge in [0.15, 0.2) is 5.78 Å². The monoisotopic (exact) mass is 244 g/mol. The Bertz CT molecular complexity index is 361. The zero-order valence-electron chi connectivity index (χ0n) is 8.89. The molecule has 0 saturated heterocycles. The number of carbonyl (C=O) groups excluding carboxylic acids is 1. The fourth-order valence-electron chi connectivity index (χ4n) is 1.52. The van der Waals surface area contributed by atoms with Crippen molar-refractivity contribution in [1.82, 2.24) is 0 Å². The minimum Gasteiger partial charge on any atom is -0.294 e. The molecule has 0 radical (unpaired) electrons. The Morgan fingerprint density at radius 1 is 1.40 bits per heavy atom. The SMILES string of the molecule is CCCC(C)C(=O)c1cc(Cl)ccc1Cl. The summed E-state index contributed by atoms with van der Waals surface area (Å²) in [5, 5.41) is 1.03. The van der Waals surface area contributed by atoms with Gasteiger partial charge in [-0.05, 0) is 24.6 Å². The lowest BCUT2D eigenvalue weighted by Crippen LogP contribution is -2.11. The molecule has 1 atom stereocenters. The van der Waals surface area contributed by atoms with Crippen molar-refractivity contribution in [1.29, 1.82) is 0 Å². The van der Waals surface area contributed by atoms with E-state index in [9.17, 15) is 4.79 Å². The lowest BCUT2D eigenvalue weighted by Gasteiger charge is -2.10. The number of carbonyl (C=O) groups is 1. The van der Waals surface area contributed by atoms with Gasteiger partial charge in [0, 0.05) is 16.5 Å². The predicted molar refractivity (Wildman–Crippen MR) is 64.9 cm³/mol. The van der Waals surface area contributed by atoms with Crippen molar-refractivity contribution in [3.63, 3.8) is 0 Å². The summed E-state index contributed by atoms with van der Waals surface area (Å²) >= 11 is 11.8. The lowest BCUT2D eigenvalue weighted by molar-refractivity contribution is 0.0924. The van der Waals surface area contributed by atoms with Crippen molar-refractivity contribution in [2.24, 2.45) is 5.92 Å². The van der Waals surface area contributed by atoms with Gasteiger partial charge in [-0.25, -0.2) is 0 Å². The number of benzene rings is 1. The fraction of sp³-hybridized carbons (Fsp3) is 0.417. The van der Waals surface area contributed by atoms with Crippen LogP contribution < -0.4 is 0 Å². The Labute approximate surface area is 100 Å². The highest BCUT2D eigenvalue weighted by Crippen LogP contribution is 2.24. The molecule has 1 unspecified atom stereocenters. The Kier molecular flexibility index (Phi) is 4.62. The van der Waals surface area contributed by atoms with Gasteiger partial charge < -0.3 is 0 Å². The van der Waals surface area contributed by atoms with E-state index in [1.165, 1.54) is 0 Å². The van der Waals surface area contributed by atoms with Gasteiger partial charge in [-0.1, -0.05) is 43.5 Å². The zero-order valence-corrected chi connectivity index (χ0v) is 10.4. The molecule has 1 aromatic carbocycles. The number of Topliss-reactive ketones (excluding diaryl/α,β-unsaturated/α-hetero) is 1. The molecule has 0 aliphatic rings. The van der Waals surface area contributed by atoms with Gasteiger partial charge in [0.25, 0.3) is 0 Å². The first-order chi connectivity index (χ1) is 7.06. The van der Waals surface area contributed by atoms with Crippen molar-refractivity contribution in [2.75, 3.05) is 0 Å². The standard InChI is InChI=1S/C12H14Cl2O/c1-3-4-8(2)12(15)10-7-9(13)5-6-11(10)14/h5-8H,3-4H2,1-2H3. The summed E-state index contributed by atoms with van der Waals surface area (Å²) in [5.41, 5.74) is 0.533. The van der Waals surface area contributed by atoms with Crippen molar-refractivity contribution in [3.05, 3.63) is 33.8 Å². The van der Waals surface area contributed by atoms with Gasteiger partial charge in [-0.15, -0.1) is 0 Å². The maximum atomic E-state index is 12.0. The molecule has 0 heterocycles. The molecular formula is C12H14Cl2O. The lowest BCUT2D eigenvalue weighted by atomic mass is 9.95. The molecule has 3 heteroatoms. The number of rotatable bonds is 4. The topological polar surface area (TPSA) is 17.1 Å². The first kappa shape index (κ1) is 12.5. The van der Waals surface area contributed by atoms with Crippen molar-refractivity contribution in [2.45, 2.75) is 26.7 Å². The number of hydrogen-bond donors (Lipinski definition) is 0. The Morgan fingerprint density at radius 3 is 2.67 bits per heavy atom. The highest BCUT2D eigenvalue weighted by atomic mass is 35.5. The van der Waals surface area contributed by atoms with Crippen LogP contribution in [0.2, 0.25) is 10.0 Å². The molecule has 15 heavy (non-hydrogen) atoms. The van der Waals surface area contributed by atoms with E-state index in [4.69, 9.17) is 23.2 Å². The minimum atomic E-state index is 0.00552. The minimum absolute atomic E-state index is 0.00552. The van der Waals surface area contributed by atoms with E-state index in [-0.39, 0.29) is 11.7 Å². The van der Waals surface area contributed by atoms with Crippen LogP contribution in [0.4, 0.5) is 0 Å². The largest absolute Gasteiger partial charge is 0.294 e. The number of halogens is 2. The van der Waals surface area contributed by atoms with Crippen LogP contribution in [0.15, 0.2) is 18.2 Å². The average molecular weight is 245 g/mol. The molecule has 0 spiro atoms. The van der Waals surface area contributed by atoms with E-state index in [1.807, 2.05) is 6.92 Å². The van der Waals surface area contributed by atoms with E-state index in [2.05, 4.69) is 6.92 Å². The molecule has 1 nitrogen and oxygen atoms in total. The third-order valence-electron chi connectivity index (χ3n) is 2.36. The van der Waals surface area contributed by atoms with Crippen LogP contribution in [-0.4, -0.2) is 5.78 Å². The van der Waals surface area contributed by atoms with Crippen LogP contribution in [0.5, 0.6) is 0 Å². The van der Waals surface area contributed by atoms with Gasteiger partial charge in [0.05, 0.1) is 5.02 Å². The average Bonchev–Trinajstić information content (AvgIpc) is 2.21. The molecule has 0 amide bonds. The van der Waals surface area contributed by atoms with Crippen LogP contribution in [-0.2, 0) is 0 Å². The first-order valence-electron chi connectivity index (χ1n) is 5.05. The molecule has 1 aromatic rings. The summed E-state index contributed by atoms with van der Waals surface area (Å²) in [7, 11) is 0. The number of hydrogen-bond acceptors (Lipinski definition) is 1. The smallest absolute Gasteiger partial charge is 0.167 e. The van der Waals surface area contributed by atoms with Gasteiger partial charge >= 0.3 is 0 Å². The second-order valence-electron chi connectivity index (χ2n) is 3.68. The normalized spacial score (nSPS) is 12.5. The van der Waals surface area contributed by atoms with Crippen molar-refractivity contribution >= 4 is 29.0 Å². The van der Waals surface area contributed by atoms with Gasteiger partial charge in [-0.3, -0.25) is 4.79 Å². The molecular weight excluding hydrogens is 231 g/mol. The predicted octanol–water partition coefficient (Wildman–Crippen LogP) is 4.61. The fourth-order valence-corrected chi connectivity index (χ4v) is 1.90. The highest BCUT2D eigenvalue weighted by molar-refractivity contribution is 6.35. The maximum absolute atomic E-state index is 12.0. The highest BCUT2D eigenvalue weighted by Gasteiger charge is 2.17. The second kappa shape index (κ2) is 5.53. The maximum Gasteiger partial charge on any atom is 0.167 e. The molecule has 0 N–H and O–H groups in total. The Morgan fingerprint density at radius 2 is 2.07 bits per heavy atom. The molecule has 1 rings (SSSR count). The summed E-state index contributed by atoms with van der Waals surface area (Å²) in [5.74, 6) is 0.0790. The third-order valence-corrected chi connectivity index (χ3v) is 2.93. The molecule has 82 valence electrons. The summed E-state index contributed by atoms with van der Waals surface area (Å²) in [4.78, 5) is 12.0. The van der Waals surface area contributed by atoms with Crippen molar-refractivity contribution in [3.8, 4) is 0 Å². The van der Waals surface area contributed by atoms with E-state index in [0.29, 0.717) is 15.6 Å². The molecule has 0 bridgehead atoms. The van der Waals surface area contributed by atoms with Crippen molar-refractivity contribution < 1.29 is 4.79 Å². The van der Waals surface area contributed by atoms with Gasteiger partial charge in [-0.2, -0.15) is 0 Å². The van der Waals surface area contributed by atoms with Crippen LogP contribution in [0.3, 0.4) is 0 Å². The quantitative estimate of drug-likeness (QED) is 0.708. The summed E-state index contributed by atoms with van der Waals surface area (Å²) in [6.45, 7) is 3.98. The second-order valence-corrected chi connectivity index (χ2v) is 4.52. The summed E-state index contributed by atoms with van der Waals surface area (Å²) in [6, 6.07) is 4.99. The van der Waals surface area contributed by atoms with Crippen LogP contribution in [0, 0.1) is 5.92 Å². The van der Waals surface area contributed by atoms with E-state index in [0.717, 1.165) is 12.8 Å². The molecule has 0 aliphatic heterocycles. The van der Waals surface area contributed by atoms with E-state index >= 15 is 0 Å². The van der Waals surface area contributed by atoms with Crippen LogP contribution in [0.25, 0.3) is 0 Å². The third kappa shape index (κ3) is 3.22.